The topological polar surface area (TPSA) is 79.0 Å². The molecule has 1 aromatic carbocycles. The van der Waals surface area contributed by atoms with Crippen LogP contribution in [0.5, 0.6) is 5.75 Å². The van der Waals surface area contributed by atoms with Crippen molar-refractivity contribution in [3.8, 4) is 5.75 Å². The van der Waals surface area contributed by atoms with E-state index in [1.54, 1.807) is 30.1 Å². The van der Waals surface area contributed by atoms with Crippen LogP contribution < -0.4 is 10.1 Å². The number of hydrogen-bond acceptors (Lipinski definition) is 5. The summed E-state index contributed by atoms with van der Waals surface area (Å²) in [6, 6.07) is 4.93. The summed E-state index contributed by atoms with van der Waals surface area (Å²) < 4.78 is 5.21. The van der Waals surface area contributed by atoms with Gasteiger partial charge in [0.05, 0.1) is 37.8 Å². The number of imide groups is 1. The van der Waals surface area contributed by atoms with Gasteiger partial charge in [-0.3, -0.25) is 24.2 Å². The van der Waals surface area contributed by atoms with E-state index in [-0.39, 0.29) is 42.8 Å². The summed E-state index contributed by atoms with van der Waals surface area (Å²) in [5.74, 6) is -0.634. The number of rotatable bonds is 6. The number of hydrogen-bond donors (Lipinski definition) is 1. The van der Waals surface area contributed by atoms with Crippen LogP contribution in [0.2, 0.25) is 5.02 Å². The van der Waals surface area contributed by atoms with Crippen molar-refractivity contribution < 1.29 is 19.1 Å². The fourth-order valence-corrected chi connectivity index (χ4v) is 3.68. The summed E-state index contributed by atoms with van der Waals surface area (Å²) in [4.78, 5) is 40.2. The first-order chi connectivity index (χ1) is 12.9. The van der Waals surface area contributed by atoms with Crippen LogP contribution in [0.3, 0.4) is 0 Å². The van der Waals surface area contributed by atoms with E-state index in [4.69, 9.17) is 16.3 Å². The fraction of sp³-hybridized carbons (Fsp3) is 0.421. The first-order valence-corrected chi connectivity index (χ1v) is 9.10. The van der Waals surface area contributed by atoms with Gasteiger partial charge in [0, 0.05) is 5.02 Å². The number of nitrogens with zero attached hydrogens (tertiary/aromatic N) is 2. The molecule has 1 saturated heterocycles. The molecule has 144 valence electrons. The Bertz CT molecular complexity index is 769. The largest absolute Gasteiger partial charge is 0.495 e. The number of methoxy groups -OCH3 is 1. The number of carbonyl (C=O) groups excluding carboxylic acids is 3. The average molecular weight is 392 g/mol. The highest BCUT2D eigenvalue weighted by Crippen LogP contribution is 2.35. The third-order valence-electron chi connectivity index (χ3n) is 4.83. The van der Waals surface area contributed by atoms with E-state index < -0.39 is 0 Å². The maximum absolute atomic E-state index is 12.5. The normalized spacial score (nSPS) is 21.6. The van der Waals surface area contributed by atoms with Crippen molar-refractivity contribution >= 4 is 35.0 Å². The molecule has 2 atom stereocenters. The lowest BCUT2D eigenvalue weighted by atomic mass is 9.85. The number of nitrogens with one attached hydrogen (secondary N) is 1. The molecule has 0 aromatic heterocycles. The molecular formula is C19H22ClN3O4. The third kappa shape index (κ3) is 4.14. The van der Waals surface area contributed by atoms with Gasteiger partial charge in [0.25, 0.3) is 0 Å². The summed E-state index contributed by atoms with van der Waals surface area (Å²) in [5.41, 5.74) is 0.466. The molecule has 7 nitrogen and oxygen atoms in total. The number of halogens is 1. The number of fused-ring (bicyclic) bond motifs is 1. The first kappa shape index (κ1) is 19.4. The number of carbonyl (C=O) groups is 3. The number of allylic oxidation sites excluding steroid dienone is 2. The van der Waals surface area contributed by atoms with Crippen LogP contribution in [0, 0.1) is 11.8 Å². The standard InChI is InChI=1S/C19H22ClN3O4/c1-22(10-17(24)21-15-9-12(20)7-8-16(15)27-2)11-23-18(25)13-5-3-4-6-14(13)19(23)26/h3-4,7-9,13-14H,5-6,10-11H2,1-2H3,(H,21,24)/t13-,14+. The van der Waals surface area contributed by atoms with Gasteiger partial charge in [-0.15, -0.1) is 0 Å². The lowest BCUT2D eigenvalue weighted by Gasteiger charge is -2.23. The van der Waals surface area contributed by atoms with E-state index in [1.165, 1.54) is 12.0 Å². The Labute approximate surface area is 162 Å². The third-order valence-corrected chi connectivity index (χ3v) is 5.07. The number of anilines is 1. The summed E-state index contributed by atoms with van der Waals surface area (Å²) in [5, 5.41) is 3.22. The molecule has 1 aliphatic carbocycles. The highest BCUT2D eigenvalue weighted by molar-refractivity contribution is 6.31. The van der Waals surface area contributed by atoms with Crippen LogP contribution in [0.25, 0.3) is 0 Å². The zero-order valence-electron chi connectivity index (χ0n) is 15.3. The zero-order chi connectivity index (χ0) is 19.6. The van der Waals surface area contributed by atoms with E-state index in [0.717, 1.165) is 0 Å². The van der Waals surface area contributed by atoms with Crippen LogP contribution in [0.15, 0.2) is 30.4 Å². The van der Waals surface area contributed by atoms with Crippen LogP contribution in [-0.4, -0.2) is 54.9 Å². The second-order valence-corrected chi connectivity index (χ2v) is 7.25. The molecule has 0 radical (unpaired) electrons. The molecule has 0 spiro atoms. The van der Waals surface area contributed by atoms with Gasteiger partial charge in [-0.05, 0) is 38.1 Å². The van der Waals surface area contributed by atoms with E-state index in [0.29, 0.717) is 29.3 Å². The minimum absolute atomic E-state index is 0.0142. The molecule has 1 fully saturated rings. The van der Waals surface area contributed by atoms with Crippen molar-refractivity contribution in [1.29, 1.82) is 0 Å². The highest BCUT2D eigenvalue weighted by Gasteiger charge is 2.47. The number of amides is 3. The Morgan fingerprint density at radius 1 is 1.26 bits per heavy atom. The van der Waals surface area contributed by atoms with Crippen molar-refractivity contribution in [2.75, 3.05) is 32.7 Å². The molecule has 0 unspecified atom stereocenters. The Kier molecular flexibility index (Phi) is 5.82. The fourth-order valence-electron chi connectivity index (χ4n) is 3.51. The molecule has 1 N–H and O–H groups in total. The molecular weight excluding hydrogens is 370 g/mol. The minimum atomic E-state index is -0.295. The van der Waals surface area contributed by atoms with E-state index in [2.05, 4.69) is 5.32 Å². The summed E-state index contributed by atoms with van der Waals surface area (Å²) >= 11 is 5.96. The second-order valence-electron chi connectivity index (χ2n) is 6.81. The van der Waals surface area contributed by atoms with Gasteiger partial charge in [0.2, 0.25) is 17.7 Å². The van der Waals surface area contributed by atoms with Crippen molar-refractivity contribution in [1.82, 2.24) is 9.80 Å². The van der Waals surface area contributed by atoms with E-state index in [9.17, 15) is 14.4 Å². The number of likely N-dealkylation sites (tertiary alicyclic amines) is 1. The molecule has 2 aliphatic rings. The van der Waals surface area contributed by atoms with Gasteiger partial charge in [0.15, 0.2) is 0 Å². The monoisotopic (exact) mass is 391 g/mol. The molecule has 1 heterocycles. The quantitative estimate of drug-likeness (QED) is 0.593. The van der Waals surface area contributed by atoms with E-state index in [1.807, 2.05) is 12.2 Å². The lowest BCUT2D eigenvalue weighted by molar-refractivity contribution is -0.142. The summed E-state index contributed by atoms with van der Waals surface area (Å²) in [6.45, 7) is 0.102. The predicted octanol–water partition coefficient (Wildman–Crippen LogP) is 2.13. The second kappa shape index (κ2) is 8.10. The minimum Gasteiger partial charge on any atom is -0.495 e. The lowest BCUT2D eigenvalue weighted by Crippen LogP contribution is -2.42. The van der Waals surface area contributed by atoms with Crippen LogP contribution >= 0.6 is 11.6 Å². The number of likely N-dealkylation sites (N-methyl/N-ethyl adjacent to an activating group) is 1. The molecule has 3 amide bonds. The molecule has 0 saturated carbocycles. The van der Waals surface area contributed by atoms with Gasteiger partial charge in [-0.25, -0.2) is 0 Å². The SMILES string of the molecule is COc1ccc(Cl)cc1NC(=O)CN(C)CN1C(=O)[C@H]2CC=CC[C@H]2C1=O. The van der Waals surface area contributed by atoms with Crippen LogP contribution in [0.4, 0.5) is 5.69 Å². The van der Waals surface area contributed by atoms with E-state index >= 15 is 0 Å². The zero-order valence-corrected chi connectivity index (χ0v) is 16.0. The van der Waals surface area contributed by atoms with Crippen molar-refractivity contribution in [3.05, 3.63) is 35.4 Å². The Morgan fingerprint density at radius 2 is 1.89 bits per heavy atom. The smallest absolute Gasteiger partial charge is 0.238 e. The van der Waals surface area contributed by atoms with Crippen LogP contribution in [-0.2, 0) is 14.4 Å². The predicted molar refractivity (Wildman–Crippen MR) is 101 cm³/mol. The average Bonchev–Trinajstić information content (AvgIpc) is 2.87. The molecule has 27 heavy (non-hydrogen) atoms. The molecule has 1 aliphatic heterocycles. The van der Waals surface area contributed by atoms with Gasteiger partial charge in [-0.2, -0.15) is 0 Å². The van der Waals surface area contributed by atoms with Crippen molar-refractivity contribution in [2.24, 2.45) is 11.8 Å². The van der Waals surface area contributed by atoms with Crippen LogP contribution in [0.1, 0.15) is 12.8 Å². The summed E-state index contributed by atoms with van der Waals surface area (Å²) in [7, 11) is 3.19. The van der Waals surface area contributed by atoms with Crippen molar-refractivity contribution in [2.45, 2.75) is 12.8 Å². The first-order valence-electron chi connectivity index (χ1n) is 8.73. The van der Waals surface area contributed by atoms with Gasteiger partial charge < -0.3 is 10.1 Å². The Hall–Kier alpha value is -2.38. The summed E-state index contributed by atoms with van der Waals surface area (Å²) in [6.07, 6.45) is 5.10. The number of ether oxygens (including phenoxy) is 1. The Balaban J connectivity index is 1.59. The number of benzene rings is 1. The maximum Gasteiger partial charge on any atom is 0.238 e. The van der Waals surface area contributed by atoms with Crippen molar-refractivity contribution in [3.63, 3.8) is 0 Å². The van der Waals surface area contributed by atoms with Gasteiger partial charge >= 0.3 is 0 Å². The maximum atomic E-state index is 12.5. The molecule has 3 rings (SSSR count). The molecule has 1 aromatic rings. The van der Waals surface area contributed by atoms with Gasteiger partial charge in [0.1, 0.15) is 5.75 Å². The van der Waals surface area contributed by atoms with Gasteiger partial charge in [-0.1, -0.05) is 23.8 Å². The molecule has 8 heteroatoms. The molecule has 0 bridgehead atoms. The highest BCUT2D eigenvalue weighted by atomic mass is 35.5. The Morgan fingerprint density at radius 3 is 2.48 bits per heavy atom.